The third kappa shape index (κ3) is 6.72. The standard InChI is InChI=1S/C22H26N6O2/c1-22(2,3)30-21(29)28-10-4-5-16(15-28)14-26-18-6-8-19(9-7-18)27-20(13-25)17(11-23)12-24/h6-9,16,26-27H,4-5,10,14-15H2,1-3H3. The molecule has 2 rings (SSSR count). The lowest BCUT2D eigenvalue weighted by Gasteiger charge is -2.34. The molecule has 0 bridgehead atoms. The van der Waals surface area contributed by atoms with Gasteiger partial charge < -0.3 is 20.3 Å². The fourth-order valence-electron chi connectivity index (χ4n) is 3.09. The van der Waals surface area contributed by atoms with Gasteiger partial charge >= 0.3 is 6.09 Å². The van der Waals surface area contributed by atoms with Crippen LogP contribution in [0, 0.1) is 39.9 Å². The topological polar surface area (TPSA) is 125 Å². The number of ether oxygens (including phenoxy) is 1. The molecule has 2 N–H and O–H groups in total. The number of anilines is 2. The van der Waals surface area contributed by atoms with Crippen molar-refractivity contribution in [1.82, 2.24) is 4.90 Å². The van der Waals surface area contributed by atoms with Crippen molar-refractivity contribution in [2.75, 3.05) is 30.3 Å². The minimum atomic E-state index is -0.500. The van der Waals surface area contributed by atoms with Gasteiger partial charge in [-0.15, -0.1) is 0 Å². The molecular weight excluding hydrogens is 380 g/mol. The smallest absolute Gasteiger partial charge is 0.410 e. The van der Waals surface area contributed by atoms with Gasteiger partial charge in [0.05, 0.1) is 0 Å². The molecular formula is C22H26N6O2. The third-order valence-corrected chi connectivity index (χ3v) is 4.51. The Morgan fingerprint density at radius 3 is 2.33 bits per heavy atom. The lowest BCUT2D eigenvalue weighted by molar-refractivity contribution is 0.0172. The number of carbonyl (C=O) groups is 1. The zero-order valence-electron chi connectivity index (χ0n) is 17.5. The molecule has 1 atom stereocenters. The van der Waals surface area contributed by atoms with Crippen LogP contribution in [0.3, 0.4) is 0 Å². The van der Waals surface area contributed by atoms with Crippen LogP contribution < -0.4 is 10.6 Å². The second-order valence-electron chi connectivity index (χ2n) is 8.10. The number of hydrogen-bond donors (Lipinski definition) is 2. The van der Waals surface area contributed by atoms with Crippen molar-refractivity contribution in [1.29, 1.82) is 15.8 Å². The van der Waals surface area contributed by atoms with E-state index < -0.39 is 5.60 Å². The summed E-state index contributed by atoms with van der Waals surface area (Å²) in [6.07, 6.45) is 1.71. The number of nitriles is 3. The fraction of sp³-hybridized carbons (Fsp3) is 0.455. The first-order chi connectivity index (χ1) is 14.3. The molecule has 1 aliphatic heterocycles. The maximum atomic E-state index is 12.3. The molecule has 0 aliphatic carbocycles. The molecule has 8 nitrogen and oxygen atoms in total. The minimum Gasteiger partial charge on any atom is -0.444 e. The SMILES string of the molecule is CC(C)(C)OC(=O)N1CCCC(CNc2ccc(NC(C#N)=C(C#N)C#N)cc2)C1. The van der Waals surface area contributed by atoms with Gasteiger partial charge in [0.25, 0.3) is 0 Å². The van der Waals surface area contributed by atoms with Crippen molar-refractivity contribution < 1.29 is 9.53 Å². The van der Waals surface area contributed by atoms with E-state index in [9.17, 15) is 4.79 Å². The van der Waals surface area contributed by atoms with Gasteiger partial charge in [-0.2, -0.15) is 15.8 Å². The average Bonchev–Trinajstić information content (AvgIpc) is 2.72. The number of likely N-dealkylation sites (tertiary alicyclic amines) is 1. The largest absolute Gasteiger partial charge is 0.444 e. The molecule has 1 saturated heterocycles. The monoisotopic (exact) mass is 406 g/mol. The number of nitrogens with zero attached hydrogens (tertiary/aromatic N) is 4. The summed E-state index contributed by atoms with van der Waals surface area (Å²) in [6, 6.07) is 12.5. The molecule has 8 heteroatoms. The fourth-order valence-corrected chi connectivity index (χ4v) is 3.09. The highest BCUT2D eigenvalue weighted by Gasteiger charge is 2.27. The summed E-state index contributed by atoms with van der Waals surface area (Å²) in [5.41, 5.74) is 0.670. The number of benzene rings is 1. The van der Waals surface area contributed by atoms with Crippen molar-refractivity contribution in [3.63, 3.8) is 0 Å². The number of allylic oxidation sites excluding steroid dienone is 2. The minimum absolute atomic E-state index is 0.0786. The Morgan fingerprint density at radius 1 is 1.13 bits per heavy atom. The quantitative estimate of drug-likeness (QED) is 0.708. The summed E-state index contributed by atoms with van der Waals surface area (Å²) in [7, 11) is 0. The van der Waals surface area contributed by atoms with Gasteiger partial charge in [0.15, 0.2) is 5.57 Å². The number of piperidine rings is 1. The number of hydrogen-bond acceptors (Lipinski definition) is 7. The number of amides is 1. The summed E-state index contributed by atoms with van der Waals surface area (Å²) in [4.78, 5) is 14.1. The molecule has 0 radical (unpaired) electrons. The molecule has 1 unspecified atom stereocenters. The zero-order chi connectivity index (χ0) is 22.1. The third-order valence-electron chi connectivity index (χ3n) is 4.51. The van der Waals surface area contributed by atoms with Gasteiger partial charge in [0.1, 0.15) is 29.5 Å². The molecule has 1 fully saturated rings. The van der Waals surface area contributed by atoms with Gasteiger partial charge in [-0.25, -0.2) is 4.79 Å². The van der Waals surface area contributed by atoms with Crippen LogP contribution in [0.1, 0.15) is 33.6 Å². The average molecular weight is 406 g/mol. The van der Waals surface area contributed by atoms with Crippen LogP contribution in [0.2, 0.25) is 0 Å². The van der Waals surface area contributed by atoms with Crippen LogP contribution in [0.4, 0.5) is 16.2 Å². The van der Waals surface area contributed by atoms with Crippen LogP contribution in [-0.2, 0) is 4.74 Å². The first-order valence-electron chi connectivity index (χ1n) is 9.79. The number of carbonyl (C=O) groups excluding carboxylic acids is 1. The van der Waals surface area contributed by atoms with E-state index in [2.05, 4.69) is 10.6 Å². The van der Waals surface area contributed by atoms with E-state index in [0.29, 0.717) is 24.7 Å². The first-order valence-corrected chi connectivity index (χ1v) is 9.79. The van der Waals surface area contributed by atoms with Crippen LogP contribution in [-0.4, -0.2) is 36.2 Å². The highest BCUT2D eigenvalue weighted by atomic mass is 16.6. The highest BCUT2D eigenvalue weighted by molar-refractivity contribution is 5.68. The molecule has 1 aromatic rings. The van der Waals surface area contributed by atoms with Crippen molar-refractivity contribution >= 4 is 17.5 Å². The van der Waals surface area contributed by atoms with Crippen LogP contribution >= 0.6 is 0 Å². The second kappa shape index (κ2) is 10.2. The predicted molar refractivity (Wildman–Crippen MR) is 113 cm³/mol. The van der Waals surface area contributed by atoms with E-state index in [4.69, 9.17) is 20.5 Å². The summed E-state index contributed by atoms with van der Waals surface area (Å²) < 4.78 is 5.47. The Balaban J connectivity index is 1.90. The van der Waals surface area contributed by atoms with E-state index in [-0.39, 0.29) is 17.4 Å². The Labute approximate surface area is 177 Å². The highest BCUT2D eigenvalue weighted by Crippen LogP contribution is 2.21. The van der Waals surface area contributed by atoms with Crippen molar-refractivity contribution in [3.05, 3.63) is 35.5 Å². The van der Waals surface area contributed by atoms with Gasteiger partial charge in [-0.3, -0.25) is 0 Å². The van der Waals surface area contributed by atoms with Gasteiger partial charge in [0, 0.05) is 31.0 Å². The Morgan fingerprint density at radius 2 is 1.77 bits per heavy atom. The molecule has 0 spiro atoms. The van der Waals surface area contributed by atoms with Gasteiger partial charge in [-0.1, -0.05) is 0 Å². The maximum absolute atomic E-state index is 12.3. The normalized spacial score (nSPS) is 15.7. The van der Waals surface area contributed by atoms with E-state index >= 15 is 0 Å². The van der Waals surface area contributed by atoms with Crippen molar-refractivity contribution in [2.24, 2.45) is 5.92 Å². The Kier molecular flexibility index (Phi) is 7.67. The summed E-state index contributed by atoms with van der Waals surface area (Å²) in [6.45, 7) is 7.69. The lowest BCUT2D eigenvalue weighted by Crippen LogP contribution is -2.44. The molecule has 1 aliphatic rings. The molecule has 1 amide bonds. The van der Waals surface area contributed by atoms with E-state index in [1.807, 2.05) is 39.0 Å². The zero-order valence-corrected chi connectivity index (χ0v) is 17.5. The molecule has 0 saturated carbocycles. The molecule has 0 aromatic heterocycles. The number of rotatable bonds is 5. The van der Waals surface area contributed by atoms with E-state index in [0.717, 1.165) is 25.1 Å². The lowest BCUT2D eigenvalue weighted by atomic mass is 9.98. The number of nitrogens with one attached hydrogen (secondary N) is 2. The van der Waals surface area contributed by atoms with Crippen LogP contribution in [0.25, 0.3) is 0 Å². The summed E-state index contributed by atoms with van der Waals surface area (Å²) >= 11 is 0. The van der Waals surface area contributed by atoms with E-state index in [1.165, 1.54) is 0 Å². The Bertz CT molecular complexity index is 893. The summed E-state index contributed by atoms with van der Waals surface area (Å²) in [5.74, 6) is 0.325. The van der Waals surface area contributed by atoms with Crippen molar-refractivity contribution in [3.8, 4) is 18.2 Å². The van der Waals surface area contributed by atoms with Crippen molar-refractivity contribution in [2.45, 2.75) is 39.2 Å². The maximum Gasteiger partial charge on any atom is 0.410 e. The second-order valence-corrected chi connectivity index (χ2v) is 8.10. The first kappa shape index (κ1) is 22.6. The van der Waals surface area contributed by atoms with Gasteiger partial charge in [0.2, 0.25) is 0 Å². The summed E-state index contributed by atoms with van der Waals surface area (Å²) in [5, 5.41) is 33.0. The van der Waals surface area contributed by atoms with Crippen LogP contribution in [0.15, 0.2) is 35.5 Å². The molecule has 156 valence electrons. The molecule has 1 aromatic carbocycles. The molecule has 30 heavy (non-hydrogen) atoms. The predicted octanol–water partition coefficient (Wildman–Crippen LogP) is 3.98. The Hall–Kier alpha value is -3.70. The van der Waals surface area contributed by atoms with Crippen LogP contribution in [0.5, 0.6) is 0 Å². The van der Waals surface area contributed by atoms with E-state index in [1.54, 1.807) is 29.2 Å². The molecule has 1 heterocycles. The van der Waals surface area contributed by atoms with Gasteiger partial charge in [-0.05, 0) is 63.8 Å².